The molecule has 2 aliphatic heterocycles. The van der Waals surface area contributed by atoms with E-state index in [1.54, 1.807) is 0 Å². The summed E-state index contributed by atoms with van der Waals surface area (Å²) in [6.45, 7) is 4.54. The van der Waals surface area contributed by atoms with Crippen molar-refractivity contribution in [3.05, 3.63) is 47.2 Å². The maximum atomic E-state index is 12.3. The first-order valence-electron chi connectivity index (χ1n) is 12.4. The molecule has 1 unspecified atom stereocenters. The third kappa shape index (κ3) is 5.93. The fraction of sp³-hybridized carbons (Fsp3) is 0.600. The van der Waals surface area contributed by atoms with Gasteiger partial charge in [0.05, 0.1) is 12.3 Å². The van der Waals surface area contributed by atoms with Gasteiger partial charge >= 0.3 is 0 Å². The second-order valence-corrected chi connectivity index (χ2v) is 15.4. The Balaban J connectivity index is 1.02. The van der Waals surface area contributed by atoms with Gasteiger partial charge in [-0.3, -0.25) is 4.21 Å². The lowest BCUT2D eigenvalue weighted by Gasteiger charge is -2.34. The van der Waals surface area contributed by atoms with Gasteiger partial charge in [0.25, 0.3) is 0 Å². The summed E-state index contributed by atoms with van der Waals surface area (Å²) in [5.74, 6) is 3.45. The highest BCUT2D eigenvalue weighted by atomic mass is 32.8. The van der Waals surface area contributed by atoms with Crippen molar-refractivity contribution in [1.82, 2.24) is 14.5 Å². The van der Waals surface area contributed by atoms with E-state index < -0.39 is 9.74 Å². The van der Waals surface area contributed by atoms with Gasteiger partial charge in [0, 0.05) is 38.4 Å². The number of fused-ring (bicyclic) bond motifs is 1. The van der Waals surface area contributed by atoms with E-state index in [2.05, 4.69) is 58.2 Å². The number of aromatic nitrogens is 2. The molecule has 0 spiro atoms. The quantitative estimate of drug-likeness (QED) is 0.344. The zero-order chi connectivity index (χ0) is 22.8. The molecule has 3 aliphatic rings. The number of anilines is 1. The van der Waals surface area contributed by atoms with Crippen LogP contribution < -0.4 is 9.64 Å². The zero-order valence-corrected chi connectivity index (χ0v) is 21.7. The molecule has 8 heteroatoms. The molecule has 1 aromatic carbocycles. The molecule has 33 heavy (non-hydrogen) atoms. The number of thiol groups is 1. The van der Waals surface area contributed by atoms with Crippen LogP contribution in [0.4, 0.5) is 5.82 Å². The predicted octanol–water partition coefficient (Wildman–Crippen LogP) is 4.14. The first-order valence-corrected chi connectivity index (χ1v) is 16.1. The molecule has 1 atom stereocenters. The van der Waals surface area contributed by atoms with E-state index in [-0.39, 0.29) is 0 Å². The Bertz CT molecular complexity index is 1000. The van der Waals surface area contributed by atoms with Gasteiger partial charge in [-0.1, -0.05) is 14.5 Å². The Morgan fingerprint density at radius 3 is 2.58 bits per heavy atom. The average molecular weight is 489 g/mol. The predicted molar refractivity (Wildman–Crippen MR) is 139 cm³/mol. The molecular formula is C25H37N4O2PS. The van der Waals surface area contributed by atoms with Crippen molar-refractivity contribution < 1.29 is 8.95 Å². The van der Waals surface area contributed by atoms with Crippen LogP contribution in [0.2, 0.25) is 0 Å². The van der Waals surface area contributed by atoms with Crippen LogP contribution in [-0.2, 0) is 22.7 Å². The molecule has 1 aromatic heterocycles. The number of piperidine rings is 1. The van der Waals surface area contributed by atoms with Gasteiger partial charge in [0.2, 0.25) is 0 Å². The van der Waals surface area contributed by atoms with Crippen LogP contribution >= 0.6 is 8.44 Å². The van der Waals surface area contributed by atoms with Crippen LogP contribution in [-0.4, -0.2) is 51.2 Å². The molecule has 0 amide bonds. The molecule has 0 N–H and O–H groups in total. The fourth-order valence-corrected chi connectivity index (χ4v) is 6.58. The highest BCUT2D eigenvalue weighted by Gasteiger charge is 2.26. The number of hydrogen-bond donors (Lipinski definition) is 1. The van der Waals surface area contributed by atoms with Gasteiger partial charge in [-0.25, -0.2) is 4.31 Å². The lowest BCUT2D eigenvalue weighted by molar-refractivity contribution is 0.278. The highest BCUT2D eigenvalue weighted by Crippen LogP contribution is 2.39. The SMILES string of the molecule is C[SH](=O)(P)N1CCc2cc(OCCCC3CCN(c4ccc(C5CC5)nn4)CC3)ccc2C1. The maximum absolute atomic E-state index is 12.3. The van der Waals surface area contributed by atoms with Crippen molar-refractivity contribution >= 4 is 24.0 Å². The van der Waals surface area contributed by atoms with Gasteiger partial charge < -0.3 is 9.64 Å². The second kappa shape index (κ2) is 9.97. The van der Waals surface area contributed by atoms with E-state index >= 15 is 0 Å². The molecule has 6 nitrogen and oxygen atoms in total. The number of hydrogen-bond acceptors (Lipinski definition) is 5. The van der Waals surface area contributed by atoms with Crippen LogP contribution in [0.15, 0.2) is 30.3 Å². The summed E-state index contributed by atoms with van der Waals surface area (Å²) in [5, 5.41) is 8.92. The van der Waals surface area contributed by atoms with E-state index in [9.17, 15) is 4.21 Å². The monoisotopic (exact) mass is 488 g/mol. The molecular weight excluding hydrogens is 451 g/mol. The number of benzene rings is 1. The van der Waals surface area contributed by atoms with Crippen LogP contribution in [0.1, 0.15) is 61.3 Å². The number of rotatable bonds is 8. The lowest BCUT2D eigenvalue weighted by Crippen LogP contribution is -2.36. The van der Waals surface area contributed by atoms with Crippen molar-refractivity contribution in [3.63, 3.8) is 0 Å². The van der Waals surface area contributed by atoms with E-state index in [4.69, 9.17) is 4.74 Å². The highest BCUT2D eigenvalue weighted by molar-refractivity contribution is 8.43. The van der Waals surface area contributed by atoms with Crippen LogP contribution in [0.25, 0.3) is 0 Å². The minimum Gasteiger partial charge on any atom is -0.494 e. The molecule has 5 rings (SSSR count). The van der Waals surface area contributed by atoms with Crippen LogP contribution in [0.3, 0.4) is 0 Å². The second-order valence-electron chi connectivity index (χ2n) is 10.0. The normalized spacial score (nSPS) is 20.5. The first kappa shape index (κ1) is 23.2. The minimum atomic E-state index is -2.26. The lowest BCUT2D eigenvalue weighted by atomic mass is 9.92. The maximum Gasteiger partial charge on any atom is 0.151 e. The van der Waals surface area contributed by atoms with Crippen LogP contribution in [0.5, 0.6) is 5.75 Å². The third-order valence-corrected chi connectivity index (χ3v) is 9.81. The molecule has 1 saturated heterocycles. The van der Waals surface area contributed by atoms with Crippen molar-refractivity contribution in [3.8, 4) is 5.75 Å². The molecule has 1 aliphatic carbocycles. The van der Waals surface area contributed by atoms with Crippen molar-refractivity contribution in [2.24, 2.45) is 5.92 Å². The Kier molecular flexibility index (Phi) is 7.01. The standard InChI is InChI=1S/C25H37N4O2PS/c1-33(30,32)29-15-12-21-17-23(7-6-22(21)18-29)31-16-2-3-19-10-13-28(14-11-19)25-9-8-24(26-27-25)20-4-5-20/h6-9,17,19-20,33H,2-5,10-16,18,32H2,1H3. The average Bonchev–Trinajstić information content (AvgIpc) is 3.67. The smallest absolute Gasteiger partial charge is 0.151 e. The summed E-state index contributed by atoms with van der Waals surface area (Å²) in [6.07, 6.45) is 10.1. The molecule has 1 saturated carbocycles. The Morgan fingerprint density at radius 2 is 1.88 bits per heavy atom. The number of ether oxygens (including phenoxy) is 1. The Labute approximate surface area is 201 Å². The van der Waals surface area contributed by atoms with E-state index in [0.717, 1.165) is 63.1 Å². The summed E-state index contributed by atoms with van der Waals surface area (Å²) in [5.41, 5.74) is 3.78. The largest absolute Gasteiger partial charge is 0.494 e. The Hall–Kier alpha value is -1.56. The Morgan fingerprint density at radius 1 is 1.06 bits per heavy atom. The third-order valence-electron chi connectivity index (χ3n) is 7.36. The van der Waals surface area contributed by atoms with Crippen molar-refractivity contribution in [2.75, 3.05) is 37.4 Å². The van der Waals surface area contributed by atoms with Crippen molar-refractivity contribution in [2.45, 2.75) is 57.4 Å². The fourth-order valence-electron chi connectivity index (χ4n) is 5.06. The minimum absolute atomic E-state index is 0.669. The van der Waals surface area contributed by atoms with Gasteiger partial charge in [-0.15, -0.1) is 5.10 Å². The van der Waals surface area contributed by atoms with Gasteiger partial charge in [0.1, 0.15) is 5.75 Å². The summed E-state index contributed by atoms with van der Waals surface area (Å²) >= 11 is 0. The summed E-state index contributed by atoms with van der Waals surface area (Å²) in [4.78, 5) is 2.39. The van der Waals surface area contributed by atoms with Gasteiger partial charge in [-0.05, 0) is 96.0 Å². The molecule has 2 aromatic rings. The summed E-state index contributed by atoms with van der Waals surface area (Å²) in [6, 6.07) is 10.7. The molecule has 3 heterocycles. The summed E-state index contributed by atoms with van der Waals surface area (Å²) < 4.78 is 20.5. The van der Waals surface area contributed by atoms with E-state index in [1.807, 2.05) is 6.26 Å². The molecule has 0 bridgehead atoms. The van der Waals surface area contributed by atoms with E-state index in [0.29, 0.717) is 5.92 Å². The van der Waals surface area contributed by atoms with Crippen molar-refractivity contribution in [1.29, 1.82) is 0 Å². The molecule has 180 valence electrons. The summed E-state index contributed by atoms with van der Waals surface area (Å²) in [7, 11) is 0.264. The zero-order valence-electron chi connectivity index (χ0n) is 19.7. The topological polar surface area (TPSA) is 58.6 Å². The van der Waals surface area contributed by atoms with Crippen LogP contribution in [0, 0.1) is 5.92 Å². The van der Waals surface area contributed by atoms with Gasteiger partial charge in [-0.2, -0.15) is 5.10 Å². The van der Waals surface area contributed by atoms with Gasteiger partial charge in [0.15, 0.2) is 5.82 Å². The number of nitrogens with zero attached hydrogens (tertiary/aromatic N) is 4. The molecule has 2 fully saturated rings. The molecule has 0 radical (unpaired) electrons. The van der Waals surface area contributed by atoms with E-state index in [1.165, 1.54) is 48.9 Å². The first-order chi connectivity index (χ1) is 16.0.